The molecule has 5 amide bonds. The Morgan fingerprint density at radius 2 is 1.26 bits per heavy atom. The van der Waals surface area contributed by atoms with Gasteiger partial charge in [0.25, 0.3) is 0 Å². The predicted molar refractivity (Wildman–Crippen MR) is 182 cm³/mol. The van der Waals surface area contributed by atoms with Gasteiger partial charge in [0.2, 0.25) is 29.5 Å². The van der Waals surface area contributed by atoms with Gasteiger partial charge in [-0.2, -0.15) is 0 Å². The summed E-state index contributed by atoms with van der Waals surface area (Å²) in [6.45, 7) is 5.62. The van der Waals surface area contributed by atoms with Gasteiger partial charge in [0.05, 0.1) is 6.04 Å². The van der Waals surface area contributed by atoms with Crippen LogP contribution in [-0.2, 0) is 61.1 Å². The molecule has 0 aliphatic carbocycles. The summed E-state index contributed by atoms with van der Waals surface area (Å²) in [6, 6.07) is 12.7. The van der Waals surface area contributed by atoms with Crippen molar-refractivity contribution in [1.29, 1.82) is 0 Å². The van der Waals surface area contributed by atoms with E-state index in [1.54, 1.807) is 13.8 Å². The van der Waals surface area contributed by atoms with Gasteiger partial charge in [-0.1, -0.05) is 74.5 Å². The minimum Gasteiger partial charge on any atom is -0.480 e. The summed E-state index contributed by atoms with van der Waals surface area (Å²) < 4.78 is 0. The molecule has 6 N–H and O–H groups in total. The van der Waals surface area contributed by atoms with E-state index in [2.05, 4.69) is 16.0 Å². The Morgan fingerprint density at radius 1 is 0.740 bits per heavy atom. The number of hydrogen-bond acceptors (Lipinski definition) is 7. The quantitative estimate of drug-likeness (QED) is 0.177. The molecule has 14 heteroatoms. The number of hydrogen-bond donors (Lipinski definition) is 5. The number of nitrogens with two attached hydrogens (primary N) is 1. The summed E-state index contributed by atoms with van der Waals surface area (Å²) in [5.41, 5.74) is 7.81. The normalized spacial score (nSPS) is 19.5. The van der Waals surface area contributed by atoms with Crippen molar-refractivity contribution in [2.75, 3.05) is 13.1 Å². The van der Waals surface area contributed by atoms with Crippen LogP contribution in [0, 0.1) is 5.92 Å². The van der Waals surface area contributed by atoms with Crippen LogP contribution in [0.15, 0.2) is 60.7 Å². The van der Waals surface area contributed by atoms with Crippen molar-refractivity contribution >= 4 is 35.5 Å². The van der Waals surface area contributed by atoms with Gasteiger partial charge in [-0.15, -0.1) is 0 Å². The van der Waals surface area contributed by atoms with Gasteiger partial charge in [0, 0.05) is 19.5 Å². The first-order valence-corrected chi connectivity index (χ1v) is 17.0. The minimum atomic E-state index is -1.09. The molecule has 0 spiro atoms. The summed E-state index contributed by atoms with van der Waals surface area (Å²) in [7, 11) is 0. The fourth-order valence-electron chi connectivity index (χ4n) is 6.48. The smallest absolute Gasteiger partial charge is 0.480 e. The van der Waals surface area contributed by atoms with E-state index in [1.807, 2.05) is 60.7 Å². The summed E-state index contributed by atoms with van der Waals surface area (Å²) in [5.74, 6) is -3.92. The van der Waals surface area contributed by atoms with Gasteiger partial charge in [0.15, 0.2) is 0 Å². The maximum Gasteiger partial charge on any atom is 2.00 e. The maximum atomic E-state index is 13.7. The number of carbonyl (C=O) groups excluding carboxylic acids is 5. The number of carbonyl (C=O) groups is 6. The summed E-state index contributed by atoms with van der Waals surface area (Å²) in [4.78, 5) is 81.8. The predicted octanol–water partition coefficient (Wildman–Crippen LogP) is 0.994. The molecular formula is C36H48N6O7Zn+2. The molecule has 6 unspecified atom stereocenters. The zero-order chi connectivity index (χ0) is 35.7. The van der Waals surface area contributed by atoms with Crippen molar-refractivity contribution in [3.8, 4) is 0 Å². The molecule has 2 saturated heterocycles. The number of nitrogens with one attached hydrogen (secondary N) is 3. The van der Waals surface area contributed by atoms with E-state index in [-0.39, 0.29) is 44.9 Å². The van der Waals surface area contributed by atoms with Crippen LogP contribution in [0.5, 0.6) is 0 Å². The maximum absolute atomic E-state index is 13.7. The number of rotatable bonds is 14. The first-order valence-electron chi connectivity index (χ1n) is 17.0. The van der Waals surface area contributed by atoms with E-state index in [4.69, 9.17) is 5.73 Å². The van der Waals surface area contributed by atoms with Crippen LogP contribution in [0.4, 0.5) is 0 Å². The van der Waals surface area contributed by atoms with E-state index < -0.39 is 71.8 Å². The van der Waals surface area contributed by atoms with Gasteiger partial charge in [-0.3, -0.25) is 24.0 Å². The number of aliphatic carboxylic acids is 1. The van der Waals surface area contributed by atoms with Crippen LogP contribution in [0.25, 0.3) is 0 Å². The van der Waals surface area contributed by atoms with E-state index in [0.29, 0.717) is 32.1 Å². The van der Waals surface area contributed by atoms with Crippen LogP contribution >= 0.6 is 0 Å². The van der Waals surface area contributed by atoms with E-state index >= 15 is 0 Å². The van der Waals surface area contributed by atoms with Crippen molar-refractivity contribution < 1.29 is 53.4 Å². The molecule has 0 aromatic heterocycles. The number of benzene rings is 2. The summed E-state index contributed by atoms with van der Waals surface area (Å²) >= 11 is 0. The molecule has 6 atom stereocenters. The average molecular weight is 742 g/mol. The van der Waals surface area contributed by atoms with Gasteiger partial charge in [-0.25, -0.2) is 4.79 Å². The molecule has 0 saturated carbocycles. The Hall–Kier alpha value is -4.16. The molecule has 2 aromatic carbocycles. The fourth-order valence-corrected chi connectivity index (χ4v) is 6.48. The topological polar surface area (TPSA) is 191 Å². The molecule has 50 heavy (non-hydrogen) atoms. The molecule has 13 nitrogen and oxygen atoms in total. The monoisotopic (exact) mass is 740 g/mol. The van der Waals surface area contributed by atoms with Gasteiger partial charge < -0.3 is 36.6 Å². The zero-order valence-corrected chi connectivity index (χ0v) is 32.0. The fraction of sp³-hybridized carbons (Fsp3) is 0.500. The zero-order valence-electron chi connectivity index (χ0n) is 29.0. The second kappa shape index (κ2) is 18.7. The molecule has 264 valence electrons. The molecule has 0 radical (unpaired) electrons. The van der Waals surface area contributed by atoms with E-state index in [0.717, 1.165) is 11.1 Å². The van der Waals surface area contributed by atoms with Gasteiger partial charge >= 0.3 is 25.4 Å². The first kappa shape index (κ1) is 40.3. The molecule has 2 aliphatic heterocycles. The summed E-state index contributed by atoms with van der Waals surface area (Å²) in [6.07, 6.45) is 2.23. The summed E-state index contributed by atoms with van der Waals surface area (Å²) in [5, 5.41) is 17.9. The molecule has 2 fully saturated rings. The van der Waals surface area contributed by atoms with Gasteiger partial charge in [0.1, 0.15) is 30.2 Å². The molecule has 0 bridgehead atoms. The van der Waals surface area contributed by atoms with Crippen LogP contribution < -0.4 is 21.7 Å². The third-order valence-corrected chi connectivity index (χ3v) is 9.17. The van der Waals surface area contributed by atoms with Crippen LogP contribution in [0.3, 0.4) is 0 Å². The Morgan fingerprint density at radius 3 is 1.80 bits per heavy atom. The average Bonchev–Trinajstić information content (AvgIpc) is 3.78. The Kier molecular flexibility index (Phi) is 15.1. The molecule has 2 aromatic rings. The standard InChI is InChI=1S/C36H48N6O7.Zn/c1-22(2)30(40-31(43)26(37)20-24-12-6-4-7-13-24)33(45)38-23(3)34(46)41-18-10-16-28(41)32(44)39-27(21-25-14-8-5-9-15-25)35(47)42-19-11-17-29(42)36(48)49;/h4-9,12-15,22-23,26-30H,10-11,16-21,37H2,1-3H3,(H,38,45)(H,39,44)(H,40,43)(H,48,49);/q;+2. The number of nitrogens with zero attached hydrogens (tertiary/aromatic N) is 2. The van der Waals surface area contributed by atoms with Crippen molar-refractivity contribution in [2.24, 2.45) is 11.7 Å². The van der Waals surface area contributed by atoms with Gasteiger partial charge in [-0.05, 0) is 56.1 Å². The van der Waals surface area contributed by atoms with E-state index in [9.17, 15) is 33.9 Å². The minimum absolute atomic E-state index is 0. The van der Waals surface area contributed by atoms with Crippen molar-refractivity contribution in [2.45, 2.75) is 95.5 Å². The number of carboxylic acids is 1. The third kappa shape index (κ3) is 10.4. The first-order chi connectivity index (χ1) is 23.4. The van der Waals surface area contributed by atoms with Crippen LogP contribution in [0.1, 0.15) is 57.6 Å². The molecule has 4 rings (SSSR count). The SMILES string of the molecule is CC(NC(=O)C(NC(=O)C(N)Cc1ccccc1)C(C)C)C(=O)N1CCCC1C(=O)NC(Cc1ccccc1)C(=O)N1CCCC1C(=O)O.[Zn+2]. The Balaban J connectivity index is 0.00000676. The second-order valence-corrected chi connectivity index (χ2v) is 13.2. The van der Waals surface area contributed by atoms with Crippen LogP contribution in [-0.4, -0.2) is 99.8 Å². The Labute approximate surface area is 305 Å². The Bertz CT molecular complexity index is 1490. The molecular weight excluding hydrogens is 694 g/mol. The number of likely N-dealkylation sites (tertiary alicyclic amines) is 2. The van der Waals surface area contributed by atoms with Crippen LogP contribution in [0.2, 0.25) is 0 Å². The molecule has 2 aliphatic rings. The van der Waals surface area contributed by atoms with Crippen molar-refractivity contribution in [3.63, 3.8) is 0 Å². The largest absolute Gasteiger partial charge is 2.00 e. The van der Waals surface area contributed by atoms with E-state index in [1.165, 1.54) is 16.7 Å². The number of carboxylic acid groups (broad SMARTS) is 1. The molecule has 2 heterocycles. The second-order valence-electron chi connectivity index (χ2n) is 13.2. The van der Waals surface area contributed by atoms with Crippen molar-refractivity contribution in [1.82, 2.24) is 25.8 Å². The van der Waals surface area contributed by atoms with Crippen molar-refractivity contribution in [3.05, 3.63) is 71.8 Å². The number of amides is 5. The third-order valence-electron chi connectivity index (χ3n) is 9.17.